The van der Waals surface area contributed by atoms with Crippen LogP contribution in [0.1, 0.15) is 0 Å². The van der Waals surface area contributed by atoms with Gasteiger partial charge in [0.1, 0.15) is 0 Å². The van der Waals surface area contributed by atoms with Gasteiger partial charge in [0.2, 0.25) is 11.1 Å². The van der Waals surface area contributed by atoms with E-state index in [1.54, 1.807) is 7.05 Å². The van der Waals surface area contributed by atoms with Crippen molar-refractivity contribution in [3.63, 3.8) is 0 Å². The fourth-order valence-corrected chi connectivity index (χ4v) is 2.00. The number of hydrogen-bond acceptors (Lipinski definition) is 6. The predicted molar refractivity (Wildman–Crippen MR) is 66.4 cm³/mol. The van der Waals surface area contributed by atoms with E-state index in [0.29, 0.717) is 16.0 Å². The van der Waals surface area contributed by atoms with Crippen LogP contribution in [-0.4, -0.2) is 29.1 Å². The Hall–Kier alpha value is -1.96. The third-order valence-electron chi connectivity index (χ3n) is 2.10. The van der Waals surface area contributed by atoms with Crippen LogP contribution in [0.5, 0.6) is 6.01 Å². The average Bonchev–Trinajstić information content (AvgIpc) is 2.42. The number of methoxy groups -OCH3 is 1. The fourth-order valence-electron chi connectivity index (χ4n) is 1.23. The lowest BCUT2D eigenvalue weighted by atomic mass is 10.3. The molecule has 0 atom stereocenters. The van der Waals surface area contributed by atoms with Gasteiger partial charge in [-0.15, -0.1) is 0 Å². The summed E-state index contributed by atoms with van der Waals surface area (Å²) in [5, 5.41) is 3.08. The Morgan fingerprint density at radius 1 is 1.16 bits per heavy atom. The minimum Gasteiger partial charge on any atom is -0.467 e. The van der Waals surface area contributed by atoms with Gasteiger partial charge >= 0.3 is 6.01 Å². The van der Waals surface area contributed by atoms with Crippen LogP contribution < -0.4 is 10.1 Å². The zero-order valence-electron chi connectivity index (χ0n) is 10.1. The second kappa shape index (κ2) is 5.79. The second-order valence-electron chi connectivity index (χ2n) is 3.36. The highest BCUT2D eigenvalue weighted by molar-refractivity contribution is 7.99. The maximum atomic E-state index is 13.1. The predicted octanol–water partition coefficient (Wildman–Crippen LogP) is 2.35. The number of hydrogen-bond donors (Lipinski definition) is 1. The van der Waals surface area contributed by atoms with E-state index < -0.39 is 11.6 Å². The topological polar surface area (TPSA) is 59.9 Å². The van der Waals surface area contributed by atoms with Crippen molar-refractivity contribution in [2.24, 2.45) is 0 Å². The van der Waals surface area contributed by atoms with Crippen LogP contribution in [0, 0.1) is 11.6 Å². The summed E-state index contributed by atoms with van der Waals surface area (Å²) in [5.74, 6) is -1.48. The summed E-state index contributed by atoms with van der Waals surface area (Å²) < 4.78 is 30.8. The van der Waals surface area contributed by atoms with Crippen molar-refractivity contribution in [3.8, 4) is 6.01 Å². The zero-order chi connectivity index (χ0) is 13.8. The van der Waals surface area contributed by atoms with Crippen LogP contribution in [0.2, 0.25) is 0 Å². The maximum Gasteiger partial charge on any atom is 0.321 e. The molecule has 2 aromatic rings. The van der Waals surface area contributed by atoms with Gasteiger partial charge in [0.05, 0.1) is 7.11 Å². The summed E-state index contributed by atoms with van der Waals surface area (Å²) in [6, 6.07) is 3.72. The van der Waals surface area contributed by atoms with E-state index in [1.807, 2.05) is 0 Å². The number of benzene rings is 1. The molecule has 0 unspecified atom stereocenters. The Labute approximate surface area is 112 Å². The largest absolute Gasteiger partial charge is 0.467 e. The Morgan fingerprint density at radius 3 is 2.58 bits per heavy atom. The lowest BCUT2D eigenvalue weighted by molar-refractivity contribution is 0.374. The van der Waals surface area contributed by atoms with Crippen molar-refractivity contribution in [1.82, 2.24) is 15.0 Å². The summed E-state index contributed by atoms with van der Waals surface area (Å²) in [6.45, 7) is 0. The van der Waals surface area contributed by atoms with E-state index in [2.05, 4.69) is 20.3 Å². The van der Waals surface area contributed by atoms with Crippen LogP contribution in [0.15, 0.2) is 28.3 Å². The van der Waals surface area contributed by atoms with Crippen molar-refractivity contribution in [2.75, 3.05) is 19.5 Å². The summed E-state index contributed by atoms with van der Waals surface area (Å²) in [7, 11) is 3.08. The number of halogens is 2. The van der Waals surface area contributed by atoms with E-state index in [4.69, 9.17) is 4.74 Å². The third-order valence-corrected chi connectivity index (χ3v) is 2.96. The number of nitrogens with zero attached hydrogens (tertiary/aromatic N) is 3. The molecule has 0 amide bonds. The highest BCUT2D eigenvalue weighted by Gasteiger charge is 2.09. The summed E-state index contributed by atoms with van der Waals surface area (Å²) in [5.41, 5.74) is 0. The van der Waals surface area contributed by atoms with Gasteiger partial charge in [-0.3, -0.25) is 0 Å². The van der Waals surface area contributed by atoms with Gasteiger partial charge in [0, 0.05) is 11.9 Å². The Bertz CT molecular complexity index is 575. The molecule has 1 aromatic heterocycles. The SMILES string of the molecule is CNc1nc(OC)nc(Sc2ccc(F)c(F)c2)n1. The highest BCUT2D eigenvalue weighted by Crippen LogP contribution is 2.27. The van der Waals surface area contributed by atoms with Crippen LogP contribution in [-0.2, 0) is 0 Å². The Kier molecular flexibility index (Phi) is 4.10. The number of ether oxygens (including phenoxy) is 1. The molecule has 1 N–H and O–H groups in total. The van der Waals surface area contributed by atoms with Crippen molar-refractivity contribution in [1.29, 1.82) is 0 Å². The zero-order valence-corrected chi connectivity index (χ0v) is 11.0. The van der Waals surface area contributed by atoms with Gasteiger partial charge < -0.3 is 10.1 Å². The molecule has 1 heterocycles. The van der Waals surface area contributed by atoms with Crippen LogP contribution >= 0.6 is 11.8 Å². The van der Waals surface area contributed by atoms with Gasteiger partial charge in [-0.25, -0.2) is 8.78 Å². The summed E-state index contributed by atoms with van der Waals surface area (Å²) in [4.78, 5) is 12.5. The monoisotopic (exact) mass is 284 g/mol. The third kappa shape index (κ3) is 3.28. The van der Waals surface area contributed by atoms with E-state index in [1.165, 1.54) is 13.2 Å². The first kappa shape index (κ1) is 13.5. The lowest BCUT2D eigenvalue weighted by Gasteiger charge is -2.05. The molecule has 8 heteroatoms. The van der Waals surface area contributed by atoms with Crippen LogP contribution in [0.4, 0.5) is 14.7 Å². The average molecular weight is 284 g/mol. The standard InChI is InChI=1S/C11H10F2N4OS/c1-14-9-15-10(18-2)17-11(16-9)19-6-3-4-7(12)8(13)5-6/h3-5H,1-2H3,(H,14,15,16,17). The maximum absolute atomic E-state index is 13.1. The molecule has 5 nitrogen and oxygen atoms in total. The molecule has 0 saturated carbocycles. The minimum atomic E-state index is -0.917. The Morgan fingerprint density at radius 2 is 1.95 bits per heavy atom. The van der Waals surface area contributed by atoms with Gasteiger partial charge in [0.25, 0.3) is 0 Å². The molecule has 0 bridgehead atoms. The Balaban J connectivity index is 2.29. The molecule has 1 aromatic carbocycles. The minimum absolute atomic E-state index is 0.143. The fraction of sp³-hybridized carbons (Fsp3) is 0.182. The van der Waals surface area contributed by atoms with Crippen molar-refractivity contribution in [2.45, 2.75) is 10.1 Å². The first-order valence-electron chi connectivity index (χ1n) is 5.23. The van der Waals surface area contributed by atoms with Gasteiger partial charge in [-0.1, -0.05) is 0 Å². The molecule has 0 aliphatic heterocycles. The van der Waals surface area contributed by atoms with Gasteiger partial charge in [-0.2, -0.15) is 15.0 Å². The highest BCUT2D eigenvalue weighted by atomic mass is 32.2. The van der Waals surface area contributed by atoms with Crippen molar-refractivity contribution in [3.05, 3.63) is 29.8 Å². The van der Waals surface area contributed by atoms with Gasteiger partial charge in [-0.05, 0) is 30.0 Å². The van der Waals surface area contributed by atoms with Crippen molar-refractivity contribution < 1.29 is 13.5 Å². The van der Waals surface area contributed by atoms with Gasteiger partial charge in [0.15, 0.2) is 11.6 Å². The summed E-state index contributed by atoms with van der Waals surface area (Å²) >= 11 is 1.08. The number of anilines is 1. The van der Waals surface area contributed by atoms with E-state index in [9.17, 15) is 8.78 Å². The second-order valence-corrected chi connectivity index (χ2v) is 4.40. The molecule has 0 aliphatic carbocycles. The van der Waals surface area contributed by atoms with E-state index in [-0.39, 0.29) is 6.01 Å². The molecule has 0 spiro atoms. The van der Waals surface area contributed by atoms with Crippen LogP contribution in [0.25, 0.3) is 0 Å². The molecule has 100 valence electrons. The molecule has 0 saturated heterocycles. The lowest BCUT2D eigenvalue weighted by Crippen LogP contribution is -2.02. The van der Waals surface area contributed by atoms with Crippen LogP contribution in [0.3, 0.4) is 0 Å². The molecule has 2 rings (SSSR count). The first-order chi connectivity index (χ1) is 9.12. The van der Waals surface area contributed by atoms with E-state index in [0.717, 1.165) is 23.9 Å². The molecule has 0 fully saturated rings. The molecule has 0 aliphatic rings. The summed E-state index contributed by atoms with van der Waals surface area (Å²) in [6.07, 6.45) is 0. The number of rotatable bonds is 4. The number of nitrogens with one attached hydrogen (secondary N) is 1. The molecular weight excluding hydrogens is 274 g/mol. The molecule has 0 radical (unpaired) electrons. The quantitative estimate of drug-likeness (QED) is 0.930. The molecule has 19 heavy (non-hydrogen) atoms. The van der Waals surface area contributed by atoms with E-state index >= 15 is 0 Å². The number of aromatic nitrogens is 3. The normalized spacial score (nSPS) is 10.3. The first-order valence-corrected chi connectivity index (χ1v) is 6.04. The smallest absolute Gasteiger partial charge is 0.321 e. The molecular formula is C11H10F2N4OS. The van der Waals surface area contributed by atoms with Crippen molar-refractivity contribution >= 4 is 17.7 Å².